The summed E-state index contributed by atoms with van der Waals surface area (Å²) in [6.45, 7) is 1.83. The Morgan fingerprint density at radius 1 is 1.62 bits per heavy atom. The van der Waals surface area contributed by atoms with Gasteiger partial charge in [0, 0.05) is 7.11 Å². The molecule has 0 radical (unpaired) electrons. The second kappa shape index (κ2) is 3.25. The van der Waals surface area contributed by atoms with Crippen LogP contribution in [0.25, 0.3) is 0 Å². The normalized spacial score (nSPS) is 28.7. The molecule has 0 fully saturated rings. The standard InChI is InChI=1S/C8H12O4S/c1-8(12-2)5-3-7(4-6-8)13(9,10)11/h3-5H,6H2,1-2H3,(H,9,10,11)/t8-/m0/s1. The Balaban J connectivity index is 2.89. The first-order valence-corrected chi connectivity index (χ1v) is 5.23. The molecule has 0 aromatic heterocycles. The summed E-state index contributed by atoms with van der Waals surface area (Å²) >= 11 is 0. The Morgan fingerprint density at radius 3 is 2.54 bits per heavy atom. The van der Waals surface area contributed by atoms with Crippen molar-refractivity contribution in [3.05, 3.63) is 23.1 Å². The van der Waals surface area contributed by atoms with Gasteiger partial charge in [0.05, 0.1) is 10.5 Å². The largest absolute Gasteiger partial charge is 0.374 e. The van der Waals surface area contributed by atoms with Crippen molar-refractivity contribution in [1.82, 2.24) is 0 Å². The van der Waals surface area contributed by atoms with Crippen LogP contribution in [0.1, 0.15) is 13.3 Å². The van der Waals surface area contributed by atoms with Gasteiger partial charge in [-0.25, -0.2) is 0 Å². The van der Waals surface area contributed by atoms with Gasteiger partial charge in [0.2, 0.25) is 0 Å². The van der Waals surface area contributed by atoms with Gasteiger partial charge in [0.15, 0.2) is 0 Å². The van der Waals surface area contributed by atoms with Crippen molar-refractivity contribution in [2.45, 2.75) is 18.9 Å². The number of ether oxygens (including phenoxy) is 1. The highest BCUT2D eigenvalue weighted by Gasteiger charge is 2.24. The van der Waals surface area contributed by atoms with E-state index in [2.05, 4.69) is 0 Å². The van der Waals surface area contributed by atoms with Crippen LogP contribution >= 0.6 is 0 Å². The summed E-state index contributed by atoms with van der Waals surface area (Å²) in [5, 5.41) is 0. The zero-order chi connectivity index (χ0) is 10.1. The van der Waals surface area contributed by atoms with E-state index in [1.165, 1.54) is 12.2 Å². The molecule has 0 amide bonds. The smallest absolute Gasteiger partial charge is 0.294 e. The first-order chi connectivity index (χ1) is 5.87. The van der Waals surface area contributed by atoms with Crippen LogP contribution in [0.4, 0.5) is 0 Å². The van der Waals surface area contributed by atoms with Gasteiger partial charge in [-0.3, -0.25) is 4.55 Å². The van der Waals surface area contributed by atoms with Crippen LogP contribution in [0.2, 0.25) is 0 Å². The molecule has 1 atom stereocenters. The number of hydrogen-bond donors (Lipinski definition) is 1. The fourth-order valence-corrected chi connectivity index (χ4v) is 1.57. The van der Waals surface area contributed by atoms with Crippen LogP contribution in [0.5, 0.6) is 0 Å². The van der Waals surface area contributed by atoms with Crippen molar-refractivity contribution in [1.29, 1.82) is 0 Å². The maximum absolute atomic E-state index is 10.7. The van der Waals surface area contributed by atoms with Crippen molar-refractivity contribution in [2.24, 2.45) is 0 Å². The van der Waals surface area contributed by atoms with E-state index in [4.69, 9.17) is 9.29 Å². The first-order valence-electron chi connectivity index (χ1n) is 3.79. The Bertz CT molecular complexity index is 352. The highest BCUT2D eigenvalue weighted by molar-refractivity contribution is 7.90. The highest BCUT2D eigenvalue weighted by Crippen LogP contribution is 2.25. The van der Waals surface area contributed by atoms with Gasteiger partial charge in [-0.2, -0.15) is 8.42 Å². The average molecular weight is 204 g/mol. The Kier molecular flexibility index (Phi) is 2.61. The molecule has 1 rings (SSSR count). The molecule has 0 unspecified atom stereocenters. The average Bonchev–Trinajstić information content (AvgIpc) is 2.04. The predicted octanol–water partition coefficient (Wildman–Crippen LogP) is 1.12. The van der Waals surface area contributed by atoms with E-state index in [0.717, 1.165) is 0 Å². The third kappa shape index (κ3) is 2.40. The minimum absolute atomic E-state index is 0.0676. The fraction of sp³-hybridized carbons (Fsp3) is 0.500. The molecule has 0 bridgehead atoms. The van der Waals surface area contributed by atoms with Gasteiger partial charge < -0.3 is 4.74 Å². The maximum Gasteiger partial charge on any atom is 0.294 e. The third-order valence-electron chi connectivity index (χ3n) is 2.07. The molecule has 0 aliphatic heterocycles. The minimum Gasteiger partial charge on any atom is -0.374 e. The molecule has 1 aliphatic rings. The summed E-state index contributed by atoms with van der Waals surface area (Å²) in [4.78, 5) is -0.0676. The van der Waals surface area contributed by atoms with Gasteiger partial charge in [-0.05, 0) is 19.4 Å². The zero-order valence-electron chi connectivity index (χ0n) is 7.52. The number of methoxy groups -OCH3 is 1. The van der Waals surface area contributed by atoms with E-state index in [1.807, 2.05) is 6.92 Å². The summed E-state index contributed by atoms with van der Waals surface area (Å²) < 4.78 is 35.2. The van der Waals surface area contributed by atoms with Gasteiger partial charge in [0.1, 0.15) is 0 Å². The summed E-state index contributed by atoms with van der Waals surface area (Å²) in [6, 6.07) is 0. The summed E-state index contributed by atoms with van der Waals surface area (Å²) in [6.07, 6.45) is 4.85. The van der Waals surface area contributed by atoms with Crippen molar-refractivity contribution in [3.63, 3.8) is 0 Å². The van der Waals surface area contributed by atoms with E-state index in [-0.39, 0.29) is 4.91 Å². The van der Waals surface area contributed by atoms with Gasteiger partial charge in [-0.1, -0.05) is 12.2 Å². The Labute approximate surface area is 77.7 Å². The monoisotopic (exact) mass is 204 g/mol. The van der Waals surface area contributed by atoms with Crippen LogP contribution in [0, 0.1) is 0 Å². The molecule has 1 N–H and O–H groups in total. The molecule has 5 heteroatoms. The molecular formula is C8H12O4S. The van der Waals surface area contributed by atoms with E-state index in [1.54, 1.807) is 13.2 Å². The lowest BCUT2D eigenvalue weighted by atomic mass is 9.98. The fourth-order valence-electron chi connectivity index (χ4n) is 1.04. The topological polar surface area (TPSA) is 63.6 Å². The van der Waals surface area contributed by atoms with Gasteiger partial charge in [-0.15, -0.1) is 0 Å². The van der Waals surface area contributed by atoms with Crippen LogP contribution < -0.4 is 0 Å². The quantitative estimate of drug-likeness (QED) is 0.685. The first kappa shape index (κ1) is 10.4. The van der Waals surface area contributed by atoms with Crippen molar-refractivity contribution < 1.29 is 17.7 Å². The second-order valence-corrected chi connectivity index (χ2v) is 4.56. The number of allylic oxidation sites excluding steroid dienone is 1. The molecule has 0 aromatic rings. The molecule has 0 aromatic carbocycles. The molecule has 0 saturated carbocycles. The minimum atomic E-state index is -4.07. The molecule has 1 aliphatic carbocycles. The number of rotatable bonds is 2. The third-order valence-corrected chi connectivity index (χ3v) is 2.97. The summed E-state index contributed by atoms with van der Waals surface area (Å²) in [5.41, 5.74) is -0.464. The van der Waals surface area contributed by atoms with Gasteiger partial charge in [0.25, 0.3) is 10.1 Å². The lowest BCUT2D eigenvalue weighted by molar-refractivity contribution is 0.0504. The van der Waals surface area contributed by atoms with Crippen LogP contribution in [0.15, 0.2) is 23.1 Å². The molecule has 0 spiro atoms. The SMILES string of the molecule is CO[C@@]1(C)C=CC(S(=O)(=O)O)=CC1. The van der Waals surface area contributed by atoms with Crippen molar-refractivity contribution in [2.75, 3.05) is 7.11 Å². The lowest BCUT2D eigenvalue weighted by Gasteiger charge is -2.25. The van der Waals surface area contributed by atoms with E-state index in [9.17, 15) is 8.42 Å². The Hall–Kier alpha value is -0.650. The van der Waals surface area contributed by atoms with E-state index >= 15 is 0 Å². The molecule has 74 valence electrons. The highest BCUT2D eigenvalue weighted by atomic mass is 32.2. The predicted molar refractivity (Wildman–Crippen MR) is 48.8 cm³/mol. The van der Waals surface area contributed by atoms with Crippen molar-refractivity contribution in [3.8, 4) is 0 Å². The second-order valence-electron chi connectivity index (χ2n) is 3.14. The molecule has 0 saturated heterocycles. The summed E-state index contributed by atoms with van der Waals surface area (Å²) in [5.74, 6) is 0. The van der Waals surface area contributed by atoms with Crippen molar-refractivity contribution >= 4 is 10.1 Å². The maximum atomic E-state index is 10.7. The Morgan fingerprint density at radius 2 is 2.23 bits per heavy atom. The van der Waals surface area contributed by atoms with E-state index in [0.29, 0.717) is 6.42 Å². The molecule has 4 nitrogen and oxygen atoms in total. The van der Waals surface area contributed by atoms with E-state index < -0.39 is 15.7 Å². The van der Waals surface area contributed by atoms with Gasteiger partial charge >= 0.3 is 0 Å². The van der Waals surface area contributed by atoms with Crippen LogP contribution in [-0.4, -0.2) is 25.7 Å². The summed E-state index contributed by atoms with van der Waals surface area (Å²) in [7, 11) is -2.51. The molecular weight excluding hydrogens is 192 g/mol. The molecule has 0 heterocycles. The number of hydrogen-bond acceptors (Lipinski definition) is 3. The molecule has 13 heavy (non-hydrogen) atoms. The van der Waals surface area contributed by atoms with Crippen LogP contribution in [-0.2, 0) is 14.9 Å². The lowest BCUT2D eigenvalue weighted by Crippen LogP contribution is -2.25. The van der Waals surface area contributed by atoms with Crippen LogP contribution in [0.3, 0.4) is 0 Å². The zero-order valence-corrected chi connectivity index (χ0v) is 8.34.